The van der Waals surface area contributed by atoms with Gasteiger partial charge < -0.3 is 4.74 Å². The molecule has 0 spiro atoms. The standard InChI is InChI=1S/C18H18N4O3S/c1-13-7-8-14-4-2-5-16(18(14)20-13)26(23,24)22-11-9-15(12-22)25-17-6-3-10-19-21-17/h2-8,10,15H,9,11-12H2,1H3. The maximum atomic E-state index is 13.2. The van der Waals surface area contributed by atoms with Crippen LogP contribution in [0.15, 0.2) is 53.6 Å². The van der Waals surface area contributed by atoms with E-state index in [1.165, 1.54) is 4.31 Å². The number of benzene rings is 1. The van der Waals surface area contributed by atoms with Crippen LogP contribution in [0.1, 0.15) is 12.1 Å². The van der Waals surface area contributed by atoms with Gasteiger partial charge in [0.05, 0.1) is 12.1 Å². The predicted octanol–water partition coefficient (Wildman–Crippen LogP) is 2.18. The molecule has 8 heteroatoms. The van der Waals surface area contributed by atoms with Crippen molar-refractivity contribution in [3.05, 3.63) is 54.4 Å². The van der Waals surface area contributed by atoms with Crippen molar-refractivity contribution >= 4 is 20.9 Å². The summed E-state index contributed by atoms with van der Waals surface area (Å²) < 4.78 is 33.5. The number of rotatable bonds is 4. The highest BCUT2D eigenvalue weighted by Crippen LogP contribution is 2.28. The van der Waals surface area contributed by atoms with Gasteiger partial charge in [-0.2, -0.15) is 9.40 Å². The molecule has 2 aromatic heterocycles. The van der Waals surface area contributed by atoms with E-state index in [2.05, 4.69) is 15.2 Å². The highest BCUT2D eigenvalue weighted by atomic mass is 32.2. The lowest BCUT2D eigenvalue weighted by atomic mass is 10.2. The molecule has 7 nitrogen and oxygen atoms in total. The van der Waals surface area contributed by atoms with Crippen LogP contribution in [0, 0.1) is 6.92 Å². The van der Waals surface area contributed by atoms with E-state index in [4.69, 9.17) is 4.74 Å². The molecule has 0 aliphatic carbocycles. The highest BCUT2D eigenvalue weighted by Gasteiger charge is 2.35. The van der Waals surface area contributed by atoms with E-state index >= 15 is 0 Å². The highest BCUT2D eigenvalue weighted by molar-refractivity contribution is 7.89. The molecule has 1 aliphatic rings. The van der Waals surface area contributed by atoms with Crippen molar-refractivity contribution < 1.29 is 13.2 Å². The Hall–Kier alpha value is -2.58. The smallest absolute Gasteiger partial charge is 0.245 e. The first-order valence-corrected chi connectivity index (χ1v) is 9.79. The van der Waals surface area contributed by atoms with E-state index in [9.17, 15) is 8.42 Å². The van der Waals surface area contributed by atoms with Crippen LogP contribution in [0.2, 0.25) is 0 Å². The second-order valence-electron chi connectivity index (χ2n) is 6.23. The minimum absolute atomic E-state index is 0.235. The Morgan fingerprint density at radius 2 is 2.04 bits per heavy atom. The average Bonchev–Trinajstić information content (AvgIpc) is 3.11. The van der Waals surface area contributed by atoms with Gasteiger partial charge in [-0.1, -0.05) is 18.2 Å². The molecule has 0 radical (unpaired) electrons. The van der Waals surface area contributed by atoms with Crippen molar-refractivity contribution in [3.8, 4) is 5.88 Å². The maximum Gasteiger partial charge on any atom is 0.245 e. The number of para-hydroxylation sites is 1. The fraction of sp³-hybridized carbons (Fsp3) is 0.278. The van der Waals surface area contributed by atoms with Crippen LogP contribution in [0.4, 0.5) is 0 Å². The zero-order valence-electron chi connectivity index (χ0n) is 14.2. The molecule has 3 heterocycles. The summed E-state index contributed by atoms with van der Waals surface area (Å²) in [6.07, 6.45) is 1.92. The monoisotopic (exact) mass is 370 g/mol. The van der Waals surface area contributed by atoms with Gasteiger partial charge in [-0.05, 0) is 31.5 Å². The maximum absolute atomic E-state index is 13.2. The number of hydrogen-bond acceptors (Lipinski definition) is 6. The van der Waals surface area contributed by atoms with Gasteiger partial charge in [0, 0.05) is 29.9 Å². The first kappa shape index (κ1) is 16.9. The van der Waals surface area contributed by atoms with Gasteiger partial charge in [0.25, 0.3) is 0 Å². The molecule has 4 rings (SSSR count). The Morgan fingerprint density at radius 1 is 1.15 bits per heavy atom. The number of hydrogen-bond donors (Lipinski definition) is 0. The first-order chi connectivity index (χ1) is 12.5. The Labute approximate surface area is 151 Å². The molecule has 1 fully saturated rings. The number of pyridine rings is 1. The Balaban J connectivity index is 1.61. The summed E-state index contributed by atoms with van der Waals surface area (Å²) in [6, 6.07) is 12.4. The van der Waals surface area contributed by atoms with Crippen LogP contribution in [0.3, 0.4) is 0 Å². The lowest BCUT2D eigenvalue weighted by molar-refractivity contribution is 0.204. The van der Waals surface area contributed by atoms with Crippen molar-refractivity contribution in [1.82, 2.24) is 19.5 Å². The van der Waals surface area contributed by atoms with Crippen LogP contribution < -0.4 is 4.74 Å². The summed E-state index contributed by atoms with van der Waals surface area (Å²) in [5, 5.41) is 8.47. The molecule has 1 saturated heterocycles. The van der Waals surface area contributed by atoms with Crippen LogP contribution in [0.25, 0.3) is 10.9 Å². The minimum Gasteiger partial charge on any atom is -0.472 e. The van der Waals surface area contributed by atoms with Crippen LogP contribution in [-0.2, 0) is 10.0 Å². The number of ether oxygens (including phenoxy) is 1. The number of aromatic nitrogens is 3. The summed E-state index contributed by atoms with van der Waals surface area (Å²) in [6.45, 7) is 2.53. The van der Waals surface area contributed by atoms with Crippen LogP contribution >= 0.6 is 0 Å². The average molecular weight is 370 g/mol. The number of nitrogens with zero attached hydrogens (tertiary/aromatic N) is 4. The molecule has 1 aliphatic heterocycles. The van der Waals surface area contributed by atoms with Crippen molar-refractivity contribution in [3.63, 3.8) is 0 Å². The van der Waals surface area contributed by atoms with Crippen molar-refractivity contribution in [2.45, 2.75) is 24.3 Å². The van der Waals surface area contributed by atoms with E-state index in [0.29, 0.717) is 24.4 Å². The first-order valence-electron chi connectivity index (χ1n) is 8.35. The molecule has 3 aromatic rings. The number of fused-ring (bicyclic) bond motifs is 1. The van der Waals surface area contributed by atoms with E-state index in [1.54, 1.807) is 30.5 Å². The van der Waals surface area contributed by atoms with Gasteiger partial charge in [-0.25, -0.2) is 8.42 Å². The van der Waals surface area contributed by atoms with Crippen LogP contribution in [-0.4, -0.2) is 47.1 Å². The molecule has 26 heavy (non-hydrogen) atoms. The molecule has 0 amide bonds. The Morgan fingerprint density at radius 3 is 2.85 bits per heavy atom. The molecule has 1 unspecified atom stereocenters. The van der Waals surface area contributed by atoms with Gasteiger partial charge >= 0.3 is 0 Å². The van der Waals surface area contributed by atoms with Gasteiger partial charge in [-0.15, -0.1) is 5.10 Å². The summed E-state index contributed by atoms with van der Waals surface area (Å²) in [5.74, 6) is 0.402. The molecule has 134 valence electrons. The largest absolute Gasteiger partial charge is 0.472 e. The summed E-state index contributed by atoms with van der Waals surface area (Å²) >= 11 is 0. The SMILES string of the molecule is Cc1ccc2cccc(S(=O)(=O)N3CCC(Oc4cccnn4)C3)c2n1. The zero-order chi connectivity index (χ0) is 18.1. The van der Waals surface area contributed by atoms with Gasteiger partial charge in [0.15, 0.2) is 0 Å². The zero-order valence-corrected chi connectivity index (χ0v) is 15.1. The van der Waals surface area contributed by atoms with Gasteiger partial charge in [0.1, 0.15) is 11.0 Å². The Bertz CT molecular complexity index is 1040. The Kier molecular flexibility index (Phi) is 4.29. The molecule has 0 saturated carbocycles. The van der Waals surface area contributed by atoms with Crippen molar-refractivity contribution in [2.24, 2.45) is 0 Å². The topological polar surface area (TPSA) is 85.3 Å². The van der Waals surface area contributed by atoms with Crippen LogP contribution in [0.5, 0.6) is 5.88 Å². The van der Waals surface area contributed by atoms with Gasteiger partial charge in [-0.3, -0.25) is 4.98 Å². The third-order valence-electron chi connectivity index (χ3n) is 4.38. The van der Waals surface area contributed by atoms with E-state index < -0.39 is 10.0 Å². The molecule has 1 atom stereocenters. The van der Waals surface area contributed by atoms with E-state index in [-0.39, 0.29) is 17.5 Å². The second kappa shape index (κ2) is 6.62. The predicted molar refractivity (Wildman–Crippen MR) is 96.3 cm³/mol. The second-order valence-corrected chi connectivity index (χ2v) is 8.14. The lowest BCUT2D eigenvalue weighted by Gasteiger charge is -2.18. The van der Waals surface area contributed by atoms with Gasteiger partial charge in [0.2, 0.25) is 15.9 Å². The summed E-state index contributed by atoms with van der Waals surface area (Å²) in [4.78, 5) is 4.68. The normalized spacial score (nSPS) is 18.3. The number of sulfonamides is 1. The molecular formula is C18H18N4O3S. The summed E-state index contributed by atoms with van der Waals surface area (Å²) in [7, 11) is -3.65. The third kappa shape index (κ3) is 3.13. The third-order valence-corrected chi connectivity index (χ3v) is 6.28. The summed E-state index contributed by atoms with van der Waals surface area (Å²) in [5.41, 5.74) is 1.29. The molecule has 1 aromatic carbocycles. The van der Waals surface area contributed by atoms with Crippen molar-refractivity contribution in [1.29, 1.82) is 0 Å². The van der Waals surface area contributed by atoms with Crippen molar-refractivity contribution in [2.75, 3.05) is 13.1 Å². The molecule has 0 bridgehead atoms. The van der Waals surface area contributed by atoms with E-state index in [1.807, 2.05) is 25.1 Å². The molecular weight excluding hydrogens is 352 g/mol. The molecule has 0 N–H and O–H groups in total. The fourth-order valence-electron chi connectivity index (χ4n) is 3.10. The van der Waals surface area contributed by atoms with E-state index in [0.717, 1.165) is 11.1 Å². The quantitative estimate of drug-likeness (QED) is 0.700. The number of aryl methyl sites for hydroxylation is 1. The minimum atomic E-state index is -3.65. The lowest BCUT2D eigenvalue weighted by Crippen LogP contribution is -2.31. The fourth-order valence-corrected chi connectivity index (χ4v) is 4.74.